The smallest absolute Gasteiger partial charge is 0.416 e. The van der Waals surface area contributed by atoms with Gasteiger partial charge in [0.15, 0.2) is 0 Å². The number of amides is 1. The third-order valence-corrected chi connectivity index (χ3v) is 5.07. The van der Waals surface area contributed by atoms with Crippen molar-refractivity contribution in [3.05, 3.63) is 66.0 Å². The quantitative estimate of drug-likeness (QED) is 0.560. The maximum absolute atomic E-state index is 12.6. The van der Waals surface area contributed by atoms with Crippen molar-refractivity contribution in [3.63, 3.8) is 0 Å². The normalized spacial score (nSPS) is 13.9. The van der Waals surface area contributed by atoms with E-state index in [-0.39, 0.29) is 11.8 Å². The maximum atomic E-state index is 12.6. The summed E-state index contributed by atoms with van der Waals surface area (Å²) in [6, 6.07) is 11.6. The lowest BCUT2D eigenvalue weighted by atomic mass is 10.0. The summed E-state index contributed by atoms with van der Waals surface area (Å²) in [5, 5.41) is 5.64. The number of hydrogen-bond donors (Lipinski definition) is 2. The number of hydrogen-bond acceptors (Lipinski definition) is 7. The van der Waals surface area contributed by atoms with Crippen LogP contribution in [-0.2, 0) is 6.18 Å². The van der Waals surface area contributed by atoms with Gasteiger partial charge in [-0.1, -0.05) is 6.07 Å². The van der Waals surface area contributed by atoms with Gasteiger partial charge in [-0.25, -0.2) is 9.97 Å². The van der Waals surface area contributed by atoms with Crippen LogP contribution in [-0.4, -0.2) is 47.6 Å². The topological polar surface area (TPSA) is 92.3 Å². The average Bonchev–Trinajstić information content (AvgIpc) is 2.77. The molecule has 4 rings (SSSR count). The second-order valence-electron chi connectivity index (χ2n) is 7.50. The van der Waals surface area contributed by atoms with Crippen LogP contribution in [0.15, 0.2) is 54.9 Å². The van der Waals surface area contributed by atoms with Gasteiger partial charge in [-0.05, 0) is 42.5 Å². The molecule has 2 aromatic carbocycles. The van der Waals surface area contributed by atoms with Crippen molar-refractivity contribution in [1.82, 2.24) is 20.3 Å². The van der Waals surface area contributed by atoms with Gasteiger partial charge in [-0.2, -0.15) is 18.2 Å². The summed E-state index contributed by atoms with van der Waals surface area (Å²) < 4.78 is 43.5. The fourth-order valence-corrected chi connectivity index (χ4v) is 3.30. The SMILES string of the molecule is CNC(=O)c1cccc(Nc2ncnc(N3CC(COc4ccc(C(F)(F)F)cc4)C3)n2)c1. The fourth-order valence-electron chi connectivity index (χ4n) is 3.30. The van der Waals surface area contributed by atoms with Gasteiger partial charge >= 0.3 is 6.18 Å². The van der Waals surface area contributed by atoms with Crippen LogP contribution in [0.25, 0.3) is 0 Å². The molecule has 0 unspecified atom stereocenters. The summed E-state index contributed by atoms with van der Waals surface area (Å²) in [4.78, 5) is 26.5. The summed E-state index contributed by atoms with van der Waals surface area (Å²) in [5.41, 5.74) is 0.472. The molecule has 0 radical (unpaired) electrons. The largest absolute Gasteiger partial charge is 0.493 e. The van der Waals surface area contributed by atoms with E-state index in [1.54, 1.807) is 31.3 Å². The molecule has 8 nitrogen and oxygen atoms in total. The molecular formula is C22H21F3N6O2. The zero-order valence-corrected chi connectivity index (χ0v) is 17.6. The Hall–Kier alpha value is -3.89. The molecule has 0 saturated carbocycles. The van der Waals surface area contributed by atoms with Crippen LogP contribution in [0.2, 0.25) is 0 Å². The zero-order valence-electron chi connectivity index (χ0n) is 17.6. The molecule has 0 atom stereocenters. The number of aromatic nitrogens is 3. The fraction of sp³-hybridized carbons (Fsp3) is 0.273. The molecule has 1 saturated heterocycles. The van der Waals surface area contributed by atoms with E-state index in [0.29, 0.717) is 48.6 Å². The van der Waals surface area contributed by atoms with Gasteiger partial charge in [0.05, 0.1) is 12.2 Å². The van der Waals surface area contributed by atoms with Crippen molar-refractivity contribution < 1.29 is 22.7 Å². The third-order valence-electron chi connectivity index (χ3n) is 5.07. The summed E-state index contributed by atoms with van der Waals surface area (Å²) >= 11 is 0. The zero-order chi connectivity index (χ0) is 23.4. The van der Waals surface area contributed by atoms with E-state index in [1.807, 2.05) is 4.90 Å². The van der Waals surface area contributed by atoms with Crippen LogP contribution in [0.1, 0.15) is 15.9 Å². The summed E-state index contributed by atoms with van der Waals surface area (Å²) in [6.45, 7) is 1.68. The number of ether oxygens (including phenoxy) is 1. The van der Waals surface area contributed by atoms with Crippen LogP contribution < -0.4 is 20.3 Å². The Bertz CT molecular complexity index is 1120. The molecule has 2 heterocycles. The van der Waals surface area contributed by atoms with E-state index in [4.69, 9.17) is 4.74 Å². The predicted octanol–water partition coefficient (Wildman–Crippen LogP) is 3.51. The highest BCUT2D eigenvalue weighted by atomic mass is 19.4. The first-order valence-electron chi connectivity index (χ1n) is 10.1. The molecule has 0 bridgehead atoms. The van der Waals surface area contributed by atoms with E-state index in [9.17, 15) is 18.0 Å². The van der Waals surface area contributed by atoms with Gasteiger partial charge < -0.3 is 20.3 Å². The minimum Gasteiger partial charge on any atom is -0.493 e. The molecule has 0 spiro atoms. The van der Waals surface area contributed by atoms with Crippen LogP contribution in [0, 0.1) is 5.92 Å². The molecule has 1 aromatic heterocycles. The average molecular weight is 458 g/mol. The number of nitrogens with zero attached hydrogens (tertiary/aromatic N) is 4. The van der Waals surface area contributed by atoms with Crippen molar-refractivity contribution in [3.8, 4) is 5.75 Å². The Morgan fingerprint density at radius 2 is 1.91 bits per heavy atom. The van der Waals surface area contributed by atoms with Crippen LogP contribution in [0.4, 0.5) is 30.8 Å². The van der Waals surface area contributed by atoms with Gasteiger partial charge in [-0.3, -0.25) is 4.79 Å². The van der Waals surface area contributed by atoms with Crippen LogP contribution in [0.3, 0.4) is 0 Å². The Kier molecular flexibility index (Phi) is 6.29. The molecule has 3 aromatic rings. The lowest BCUT2D eigenvalue weighted by molar-refractivity contribution is -0.137. The standard InChI is InChI=1S/C22H21F3N6O2/c1-26-19(32)15-3-2-4-17(9-15)29-20-27-13-28-21(30-20)31-10-14(11-31)12-33-18-7-5-16(6-8-18)22(23,24)25/h2-9,13-14H,10-12H2,1H3,(H,26,32)(H,27,28,29,30). The molecule has 1 amide bonds. The van der Waals surface area contributed by atoms with Gasteiger partial charge in [-0.15, -0.1) is 0 Å². The first-order valence-corrected chi connectivity index (χ1v) is 10.1. The number of carbonyl (C=O) groups is 1. The molecule has 0 aliphatic carbocycles. The van der Waals surface area contributed by atoms with E-state index in [0.717, 1.165) is 12.1 Å². The Morgan fingerprint density at radius 3 is 2.61 bits per heavy atom. The molecule has 172 valence electrons. The van der Waals surface area contributed by atoms with Crippen molar-refractivity contribution >= 4 is 23.5 Å². The molecular weight excluding hydrogens is 437 g/mol. The first-order chi connectivity index (χ1) is 15.8. The Labute approximate surface area is 187 Å². The van der Waals surface area contributed by atoms with Gasteiger partial charge in [0, 0.05) is 37.3 Å². The summed E-state index contributed by atoms with van der Waals surface area (Å²) in [6.07, 6.45) is -2.96. The molecule has 11 heteroatoms. The van der Waals surface area contributed by atoms with E-state index in [2.05, 4.69) is 25.6 Å². The number of halogens is 3. The summed E-state index contributed by atoms with van der Waals surface area (Å²) in [7, 11) is 1.57. The molecule has 33 heavy (non-hydrogen) atoms. The lowest BCUT2D eigenvalue weighted by Crippen LogP contribution is -2.50. The van der Waals surface area contributed by atoms with Crippen LogP contribution in [0.5, 0.6) is 5.75 Å². The monoisotopic (exact) mass is 458 g/mol. The number of nitrogens with one attached hydrogen (secondary N) is 2. The number of benzene rings is 2. The highest BCUT2D eigenvalue weighted by molar-refractivity contribution is 5.95. The lowest BCUT2D eigenvalue weighted by Gasteiger charge is -2.38. The number of anilines is 3. The van der Waals surface area contributed by atoms with E-state index >= 15 is 0 Å². The number of alkyl halides is 3. The maximum Gasteiger partial charge on any atom is 0.416 e. The minimum absolute atomic E-state index is 0.194. The second kappa shape index (κ2) is 9.31. The van der Waals surface area contributed by atoms with Gasteiger partial charge in [0.2, 0.25) is 11.9 Å². The second-order valence-corrected chi connectivity index (χ2v) is 7.50. The van der Waals surface area contributed by atoms with E-state index < -0.39 is 11.7 Å². The van der Waals surface area contributed by atoms with Gasteiger partial charge in [0.25, 0.3) is 5.91 Å². The van der Waals surface area contributed by atoms with Crippen molar-refractivity contribution in [2.24, 2.45) is 5.92 Å². The first kappa shape index (κ1) is 22.3. The van der Waals surface area contributed by atoms with Gasteiger partial charge in [0.1, 0.15) is 12.1 Å². The van der Waals surface area contributed by atoms with Crippen molar-refractivity contribution in [2.75, 3.05) is 37.0 Å². The van der Waals surface area contributed by atoms with Crippen LogP contribution >= 0.6 is 0 Å². The summed E-state index contributed by atoms with van der Waals surface area (Å²) in [5.74, 6) is 1.25. The van der Waals surface area contributed by atoms with E-state index in [1.165, 1.54) is 18.5 Å². The number of carbonyl (C=O) groups excluding carboxylic acids is 1. The minimum atomic E-state index is -4.36. The van der Waals surface area contributed by atoms with Crippen molar-refractivity contribution in [2.45, 2.75) is 6.18 Å². The Balaban J connectivity index is 1.29. The molecule has 1 aliphatic heterocycles. The highest BCUT2D eigenvalue weighted by Gasteiger charge is 2.31. The Morgan fingerprint density at radius 1 is 1.15 bits per heavy atom. The number of rotatable bonds is 7. The third kappa shape index (κ3) is 5.48. The van der Waals surface area contributed by atoms with Crippen molar-refractivity contribution in [1.29, 1.82) is 0 Å². The highest BCUT2D eigenvalue weighted by Crippen LogP contribution is 2.30. The molecule has 1 aliphatic rings. The predicted molar refractivity (Wildman–Crippen MR) is 116 cm³/mol. The molecule has 1 fully saturated rings. The molecule has 2 N–H and O–H groups in total.